The third kappa shape index (κ3) is 12.2. The van der Waals surface area contributed by atoms with Gasteiger partial charge in [-0.15, -0.1) is 0 Å². The second kappa shape index (κ2) is 23.9. The first-order valence-electron chi connectivity index (χ1n) is 23.0. The van der Waals surface area contributed by atoms with Gasteiger partial charge in [-0.05, 0) is 33.1 Å². The normalized spacial score (nSPS) is 17.0. The summed E-state index contributed by atoms with van der Waals surface area (Å²) in [7, 11) is -5.26. The van der Waals surface area contributed by atoms with Gasteiger partial charge in [0.05, 0.1) is 46.3 Å². The molecule has 1 aliphatic heterocycles. The van der Waals surface area contributed by atoms with E-state index < -0.39 is 57.6 Å². The first-order valence-corrected chi connectivity index (χ1v) is 26.4. The molecule has 1 saturated heterocycles. The van der Waals surface area contributed by atoms with Crippen LogP contribution in [0.1, 0.15) is 61.9 Å². The minimum atomic E-state index is -4.92. The summed E-state index contributed by atoms with van der Waals surface area (Å²) in [6.07, 6.45) is -1.42. The number of aromatic nitrogens is 4. The number of phosphoric ester groups is 1. The topological polar surface area (TPSA) is 214 Å². The smallest absolute Gasteiger partial charge is 0.476 e. The molecule has 3 heterocycles. The molecule has 5 atom stereocenters. The Morgan fingerprint density at radius 3 is 2.14 bits per heavy atom. The highest BCUT2D eigenvalue weighted by molar-refractivity contribution is 7.48. The van der Waals surface area contributed by atoms with E-state index in [4.69, 9.17) is 41.7 Å². The maximum Gasteiger partial charge on any atom is 0.476 e. The Kier molecular flexibility index (Phi) is 17.6. The molecule has 6 aromatic rings. The first-order chi connectivity index (χ1) is 34.8. The number of ketones is 1. The molecule has 1 aliphatic rings. The molecule has 0 bridgehead atoms. The Morgan fingerprint density at radius 2 is 1.56 bits per heavy atom. The lowest BCUT2D eigenvalue weighted by Gasteiger charge is -2.43. The van der Waals surface area contributed by atoms with Crippen LogP contribution in [0.2, 0.25) is 5.04 Å². The van der Waals surface area contributed by atoms with Crippen molar-refractivity contribution in [1.82, 2.24) is 19.5 Å². The number of ether oxygens (including phenoxy) is 5. The van der Waals surface area contributed by atoms with Crippen LogP contribution in [0.15, 0.2) is 141 Å². The zero-order chi connectivity index (χ0) is 51.3. The summed E-state index contributed by atoms with van der Waals surface area (Å²) in [5, 5.41) is 13.7. The SMILES string of the molecule is C=CCOC(=O)Nc1nc(OCC=C)c2ncn([C@H]3C[C@H](OP(=O)(OCCC#N)OC(C(=O)c4ccccc4)c4cc(OC)cc(OC)c4)[C@@H](CO[Si](c4ccccc4)(c4ccccc4)C(C)(C)C)O3)c2n1. The molecule has 7 rings (SSSR count). The number of Topliss-reactive ketones (excluding diaryl/α,β-unsaturated/α-hetero) is 1. The van der Waals surface area contributed by atoms with E-state index in [2.05, 4.69) is 78.5 Å². The van der Waals surface area contributed by atoms with Gasteiger partial charge in [-0.1, -0.05) is 137 Å². The van der Waals surface area contributed by atoms with Crippen LogP contribution >= 0.6 is 7.82 Å². The summed E-state index contributed by atoms with van der Waals surface area (Å²) in [5.74, 6) is -0.0607. The van der Waals surface area contributed by atoms with Crippen molar-refractivity contribution in [3.05, 3.63) is 152 Å². The van der Waals surface area contributed by atoms with Crippen molar-refractivity contribution in [2.75, 3.05) is 46.0 Å². The van der Waals surface area contributed by atoms with Crippen LogP contribution in [0.4, 0.5) is 10.7 Å². The molecule has 0 radical (unpaired) electrons. The van der Waals surface area contributed by atoms with Gasteiger partial charge in [0.15, 0.2) is 23.1 Å². The average molecular weight is 1020 g/mol. The van der Waals surface area contributed by atoms with Crippen LogP contribution in [0.5, 0.6) is 17.4 Å². The van der Waals surface area contributed by atoms with E-state index in [1.54, 1.807) is 53.1 Å². The highest BCUT2D eigenvalue weighted by atomic mass is 31.2. The lowest BCUT2D eigenvalue weighted by Crippen LogP contribution is -2.67. The zero-order valence-electron chi connectivity index (χ0n) is 40.7. The molecule has 376 valence electrons. The second-order valence-corrected chi connectivity index (χ2v) is 23.2. The van der Waals surface area contributed by atoms with Crippen LogP contribution in [-0.4, -0.2) is 92.6 Å². The van der Waals surface area contributed by atoms with Crippen LogP contribution < -0.4 is 29.9 Å². The Morgan fingerprint density at radius 1 is 0.931 bits per heavy atom. The monoisotopic (exact) mass is 1020 g/mol. The Bertz CT molecular complexity index is 2850. The fourth-order valence-corrected chi connectivity index (χ4v) is 14.4. The number of rotatable bonds is 24. The van der Waals surface area contributed by atoms with Gasteiger partial charge < -0.3 is 28.1 Å². The summed E-state index contributed by atoms with van der Waals surface area (Å²) >= 11 is 0. The summed E-state index contributed by atoms with van der Waals surface area (Å²) in [5.41, 5.74) is 0.865. The number of phosphoric acid groups is 1. The van der Waals surface area contributed by atoms with E-state index in [1.165, 1.54) is 32.7 Å². The van der Waals surface area contributed by atoms with Crippen LogP contribution in [-0.2, 0) is 32.0 Å². The summed E-state index contributed by atoms with van der Waals surface area (Å²) in [6.45, 7) is 13.2. The van der Waals surface area contributed by atoms with Gasteiger partial charge in [-0.2, -0.15) is 15.2 Å². The van der Waals surface area contributed by atoms with E-state index in [9.17, 15) is 14.9 Å². The molecule has 1 N–H and O–H groups in total. The Labute approximate surface area is 419 Å². The molecule has 72 heavy (non-hydrogen) atoms. The number of nitriles is 1. The second-order valence-electron chi connectivity index (χ2n) is 17.3. The van der Waals surface area contributed by atoms with Gasteiger partial charge in [0.1, 0.15) is 43.1 Å². The number of hydrogen-bond donors (Lipinski definition) is 1. The van der Waals surface area contributed by atoms with Crippen LogP contribution in [0.3, 0.4) is 0 Å². The standard InChI is InChI=1S/C52H57N6O12PSi/c1-8-27-64-49-45-48(55-50(56-49)57-51(60)65-28-9-2)58(35-54-45)44-33-42(43(68-44)34-67-72(52(3,4)5,40-22-15-11-16-23-40)41-24-17-12-18-25-41)69-71(61,66-29-19-26-53)70-47(46(59)36-20-13-10-14-21-36)37-30-38(62-6)32-39(31-37)63-7/h8-18,20-25,30-32,35,42-44,47H,1-2,19,27-29,33-34H2,3-7H3,(H,55,56,57,60)/t42-,43+,44+,47?,71?/m0/s1. The van der Waals surface area contributed by atoms with Gasteiger partial charge >= 0.3 is 13.9 Å². The van der Waals surface area contributed by atoms with Gasteiger partial charge in [-0.3, -0.25) is 28.2 Å². The summed E-state index contributed by atoms with van der Waals surface area (Å²) in [4.78, 5) is 40.9. The number of carbonyl (C=O) groups is 2. The molecule has 1 fully saturated rings. The zero-order valence-corrected chi connectivity index (χ0v) is 42.6. The van der Waals surface area contributed by atoms with Gasteiger partial charge in [-0.25, -0.2) is 14.3 Å². The number of amides is 1. The van der Waals surface area contributed by atoms with Gasteiger partial charge in [0.25, 0.3) is 8.32 Å². The quantitative estimate of drug-likeness (QED) is 0.0197. The fourth-order valence-electron chi connectivity index (χ4n) is 8.34. The molecule has 0 saturated carbocycles. The molecule has 18 nitrogen and oxygen atoms in total. The summed E-state index contributed by atoms with van der Waals surface area (Å²) in [6, 6.07) is 35.1. The van der Waals surface area contributed by atoms with Crippen molar-refractivity contribution in [1.29, 1.82) is 5.26 Å². The number of nitrogens with one attached hydrogen (secondary N) is 1. The number of hydrogen-bond acceptors (Lipinski definition) is 16. The largest absolute Gasteiger partial charge is 0.497 e. The molecule has 20 heteroatoms. The lowest BCUT2D eigenvalue weighted by atomic mass is 9.99. The number of nitrogens with zero attached hydrogens (tertiary/aromatic N) is 5. The van der Waals surface area contributed by atoms with Gasteiger partial charge in [0, 0.05) is 18.1 Å². The number of benzene rings is 4. The average Bonchev–Trinajstić information content (AvgIpc) is 4.00. The molecular formula is C52H57N6O12PSi. The number of imidazole rings is 1. The Hall–Kier alpha value is -7.01. The van der Waals surface area contributed by atoms with E-state index in [0.29, 0.717) is 11.5 Å². The number of carbonyl (C=O) groups excluding carboxylic acids is 2. The van der Waals surface area contributed by atoms with E-state index in [-0.39, 0.29) is 73.4 Å². The molecule has 0 aliphatic carbocycles. The van der Waals surface area contributed by atoms with Crippen molar-refractivity contribution in [2.24, 2.45) is 0 Å². The lowest BCUT2D eigenvalue weighted by molar-refractivity contribution is -0.0433. The Balaban J connectivity index is 1.34. The van der Waals surface area contributed by atoms with E-state index >= 15 is 4.57 Å². The van der Waals surface area contributed by atoms with Crippen molar-refractivity contribution in [3.8, 4) is 23.4 Å². The maximum absolute atomic E-state index is 15.6. The number of fused-ring (bicyclic) bond motifs is 1. The van der Waals surface area contributed by atoms with Gasteiger partial charge in [0.2, 0.25) is 11.8 Å². The van der Waals surface area contributed by atoms with Crippen LogP contribution in [0, 0.1) is 11.3 Å². The number of anilines is 1. The molecular weight excluding hydrogens is 960 g/mol. The first kappa shape index (κ1) is 52.8. The molecule has 4 aromatic carbocycles. The van der Waals surface area contributed by atoms with Crippen molar-refractivity contribution < 1.29 is 55.8 Å². The molecule has 1 amide bonds. The molecule has 2 aromatic heterocycles. The van der Waals surface area contributed by atoms with Crippen molar-refractivity contribution >= 4 is 55.5 Å². The van der Waals surface area contributed by atoms with E-state index in [0.717, 1.165) is 10.4 Å². The highest BCUT2D eigenvalue weighted by Gasteiger charge is 2.52. The maximum atomic E-state index is 15.6. The molecule has 0 spiro atoms. The minimum absolute atomic E-state index is 0.0297. The fraction of sp³-hybridized carbons (Fsp3) is 0.308. The predicted octanol–water partition coefficient (Wildman–Crippen LogP) is 9.07. The van der Waals surface area contributed by atoms with Crippen molar-refractivity contribution in [2.45, 2.75) is 63.2 Å². The van der Waals surface area contributed by atoms with Crippen LogP contribution in [0.25, 0.3) is 11.2 Å². The van der Waals surface area contributed by atoms with E-state index in [1.807, 2.05) is 42.5 Å². The highest BCUT2D eigenvalue weighted by Crippen LogP contribution is 2.57. The number of methoxy groups -OCH3 is 2. The van der Waals surface area contributed by atoms with Crippen molar-refractivity contribution in [3.63, 3.8) is 0 Å². The molecule has 2 unspecified atom stereocenters. The third-order valence-electron chi connectivity index (χ3n) is 11.6. The predicted molar refractivity (Wildman–Crippen MR) is 271 cm³/mol. The summed E-state index contributed by atoms with van der Waals surface area (Å²) < 4.78 is 72.6. The minimum Gasteiger partial charge on any atom is -0.497 e. The third-order valence-corrected chi connectivity index (χ3v) is 18.1.